The van der Waals surface area contributed by atoms with E-state index < -0.39 is 16.9 Å². The molecule has 1 heterocycles. The van der Waals surface area contributed by atoms with Gasteiger partial charge in [-0.3, -0.25) is 14.9 Å². The largest absolute Gasteiger partial charge is 0.479 e. The molecule has 154 valence electrons. The molecule has 0 bridgehead atoms. The van der Waals surface area contributed by atoms with Crippen LogP contribution in [0.1, 0.15) is 6.92 Å². The van der Waals surface area contributed by atoms with Gasteiger partial charge in [0.25, 0.3) is 11.6 Å². The Morgan fingerprint density at radius 1 is 1.24 bits per heavy atom. The fourth-order valence-corrected chi connectivity index (χ4v) is 3.33. The molecule has 2 aromatic rings. The highest BCUT2D eigenvalue weighted by molar-refractivity contribution is 6.35. The van der Waals surface area contributed by atoms with Gasteiger partial charge in [-0.25, -0.2) is 0 Å². The molecular formula is C19H19Cl2N3O5. The van der Waals surface area contributed by atoms with Crippen molar-refractivity contribution in [1.82, 2.24) is 0 Å². The Hall–Kier alpha value is -2.55. The van der Waals surface area contributed by atoms with Crippen molar-refractivity contribution >= 4 is 46.2 Å². The van der Waals surface area contributed by atoms with Crippen LogP contribution in [0.15, 0.2) is 36.4 Å². The third kappa shape index (κ3) is 5.29. The standard InChI is InChI=1S/C19H19Cl2N3O5/c1-12(29-18-5-2-13(20)10-15(18)21)19(25)22-14-3-4-16(17(11-14)24(26)27)23-6-8-28-9-7-23/h2-5,10-12H,6-9H2,1H3,(H,22,25). The molecule has 0 saturated carbocycles. The zero-order valence-corrected chi connectivity index (χ0v) is 17.1. The first-order chi connectivity index (χ1) is 13.8. The number of morpholine rings is 1. The number of benzene rings is 2. The molecule has 1 unspecified atom stereocenters. The van der Waals surface area contributed by atoms with Crippen LogP contribution in [-0.2, 0) is 9.53 Å². The topological polar surface area (TPSA) is 93.9 Å². The lowest BCUT2D eigenvalue weighted by Crippen LogP contribution is -2.36. The fraction of sp³-hybridized carbons (Fsp3) is 0.316. The number of carbonyl (C=O) groups excluding carboxylic acids is 1. The number of rotatable bonds is 6. The Bertz CT molecular complexity index is 919. The second-order valence-electron chi connectivity index (χ2n) is 6.38. The van der Waals surface area contributed by atoms with Gasteiger partial charge in [-0.2, -0.15) is 0 Å². The molecule has 1 N–H and O–H groups in total. The molecule has 3 rings (SSSR count). The van der Waals surface area contributed by atoms with Crippen LogP contribution in [0.2, 0.25) is 10.0 Å². The highest BCUT2D eigenvalue weighted by Gasteiger charge is 2.23. The van der Waals surface area contributed by atoms with E-state index in [2.05, 4.69) is 5.32 Å². The predicted molar refractivity (Wildman–Crippen MR) is 111 cm³/mol. The van der Waals surface area contributed by atoms with E-state index in [9.17, 15) is 14.9 Å². The normalized spacial score (nSPS) is 14.9. The van der Waals surface area contributed by atoms with Gasteiger partial charge in [-0.15, -0.1) is 0 Å². The summed E-state index contributed by atoms with van der Waals surface area (Å²) in [4.78, 5) is 25.4. The Kier molecular flexibility index (Phi) is 6.79. The number of hydrogen-bond donors (Lipinski definition) is 1. The summed E-state index contributed by atoms with van der Waals surface area (Å²) in [7, 11) is 0. The van der Waals surface area contributed by atoms with Gasteiger partial charge in [0.05, 0.1) is 23.2 Å². The lowest BCUT2D eigenvalue weighted by molar-refractivity contribution is -0.384. The molecule has 1 aliphatic heterocycles. The second-order valence-corrected chi connectivity index (χ2v) is 7.23. The zero-order valence-electron chi connectivity index (χ0n) is 15.6. The van der Waals surface area contributed by atoms with Crippen molar-refractivity contribution in [3.63, 3.8) is 0 Å². The summed E-state index contributed by atoms with van der Waals surface area (Å²) < 4.78 is 10.9. The quantitative estimate of drug-likeness (QED) is 0.536. The number of halogens is 2. The molecule has 8 nitrogen and oxygen atoms in total. The Balaban J connectivity index is 1.72. The molecule has 1 saturated heterocycles. The van der Waals surface area contributed by atoms with Gasteiger partial charge in [0.15, 0.2) is 6.10 Å². The maximum atomic E-state index is 12.5. The summed E-state index contributed by atoms with van der Waals surface area (Å²) in [6.45, 7) is 3.71. The van der Waals surface area contributed by atoms with E-state index in [-0.39, 0.29) is 10.7 Å². The van der Waals surface area contributed by atoms with Gasteiger partial charge in [-0.05, 0) is 37.3 Å². The van der Waals surface area contributed by atoms with Gasteiger partial charge in [0.2, 0.25) is 0 Å². The average molecular weight is 440 g/mol. The summed E-state index contributed by atoms with van der Waals surface area (Å²) >= 11 is 11.9. The van der Waals surface area contributed by atoms with Crippen LogP contribution in [-0.4, -0.2) is 43.2 Å². The first kappa shape index (κ1) is 21.2. The summed E-state index contributed by atoms with van der Waals surface area (Å²) in [6, 6.07) is 9.26. The Labute approximate surface area is 177 Å². The maximum absolute atomic E-state index is 12.5. The predicted octanol–water partition coefficient (Wildman–Crippen LogP) is 4.14. The molecule has 29 heavy (non-hydrogen) atoms. The monoisotopic (exact) mass is 439 g/mol. The van der Waals surface area contributed by atoms with E-state index >= 15 is 0 Å². The minimum Gasteiger partial charge on any atom is -0.479 e. The summed E-state index contributed by atoms with van der Waals surface area (Å²) in [6.07, 6.45) is -0.883. The molecule has 0 aliphatic carbocycles. The molecule has 0 aromatic heterocycles. The van der Waals surface area contributed by atoms with Gasteiger partial charge in [0.1, 0.15) is 11.4 Å². The van der Waals surface area contributed by atoms with Gasteiger partial charge >= 0.3 is 0 Å². The molecule has 10 heteroatoms. The molecule has 0 spiro atoms. The molecule has 1 fully saturated rings. The minimum atomic E-state index is -0.883. The number of nitrogens with zero attached hydrogens (tertiary/aromatic N) is 2. The number of carbonyl (C=O) groups is 1. The van der Waals surface area contributed by atoms with Gasteiger partial charge in [-0.1, -0.05) is 23.2 Å². The van der Waals surface area contributed by atoms with Crippen LogP contribution in [0.5, 0.6) is 5.75 Å². The third-order valence-corrected chi connectivity index (χ3v) is 4.89. The highest BCUT2D eigenvalue weighted by atomic mass is 35.5. The van der Waals surface area contributed by atoms with Crippen molar-refractivity contribution in [2.45, 2.75) is 13.0 Å². The smallest absolute Gasteiger partial charge is 0.294 e. The van der Waals surface area contributed by atoms with E-state index in [0.29, 0.717) is 48.5 Å². The van der Waals surface area contributed by atoms with E-state index in [1.54, 1.807) is 31.2 Å². The van der Waals surface area contributed by atoms with Crippen molar-refractivity contribution in [1.29, 1.82) is 0 Å². The summed E-state index contributed by atoms with van der Waals surface area (Å²) in [5.41, 5.74) is 0.712. The summed E-state index contributed by atoms with van der Waals surface area (Å²) in [5.74, 6) is -0.156. The van der Waals surface area contributed by atoms with Crippen LogP contribution >= 0.6 is 23.2 Å². The number of amides is 1. The number of nitro benzene ring substituents is 1. The fourth-order valence-electron chi connectivity index (χ4n) is 2.88. The molecule has 1 amide bonds. The highest BCUT2D eigenvalue weighted by Crippen LogP contribution is 2.32. The minimum absolute atomic E-state index is 0.0842. The van der Waals surface area contributed by atoms with Crippen molar-refractivity contribution in [2.24, 2.45) is 0 Å². The van der Waals surface area contributed by atoms with Crippen molar-refractivity contribution < 1.29 is 19.2 Å². The van der Waals surface area contributed by atoms with Crippen LogP contribution < -0.4 is 15.0 Å². The number of hydrogen-bond acceptors (Lipinski definition) is 6. The lowest BCUT2D eigenvalue weighted by atomic mass is 10.2. The van der Waals surface area contributed by atoms with Crippen LogP contribution in [0, 0.1) is 10.1 Å². The van der Waals surface area contributed by atoms with Crippen LogP contribution in [0.3, 0.4) is 0 Å². The van der Waals surface area contributed by atoms with Crippen molar-refractivity contribution in [3.05, 3.63) is 56.6 Å². The SMILES string of the molecule is CC(Oc1ccc(Cl)cc1Cl)C(=O)Nc1ccc(N2CCOCC2)c([N+](=O)[O-])c1. The number of ether oxygens (including phenoxy) is 2. The van der Waals surface area contributed by atoms with E-state index in [0.717, 1.165) is 0 Å². The Morgan fingerprint density at radius 2 is 1.97 bits per heavy atom. The van der Waals surface area contributed by atoms with Crippen LogP contribution in [0.4, 0.5) is 17.1 Å². The molecule has 0 radical (unpaired) electrons. The zero-order chi connectivity index (χ0) is 21.0. The molecule has 2 aromatic carbocycles. The Morgan fingerprint density at radius 3 is 2.62 bits per heavy atom. The molecule has 1 aliphatic rings. The van der Waals surface area contributed by atoms with Crippen molar-refractivity contribution in [2.75, 3.05) is 36.5 Å². The first-order valence-corrected chi connectivity index (χ1v) is 9.64. The third-order valence-electron chi connectivity index (χ3n) is 4.36. The average Bonchev–Trinajstić information content (AvgIpc) is 2.70. The van der Waals surface area contributed by atoms with Crippen molar-refractivity contribution in [3.8, 4) is 5.75 Å². The number of anilines is 2. The second kappa shape index (κ2) is 9.30. The number of nitro groups is 1. The van der Waals surface area contributed by atoms with E-state index in [1.807, 2.05) is 4.90 Å². The number of nitrogens with one attached hydrogen (secondary N) is 1. The van der Waals surface area contributed by atoms with E-state index in [4.69, 9.17) is 32.7 Å². The molecular weight excluding hydrogens is 421 g/mol. The van der Waals surface area contributed by atoms with Gasteiger partial charge < -0.3 is 19.7 Å². The lowest BCUT2D eigenvalue weighted by Gasteiger charge is -2.28. The van der Waals surface area contributed by atoms with Gasteiger partial charge in [0, 0.05) is 29.9 Å². The van der Waals surface area contributed by atoms with E-state index in [1.165, 1.54) is 12.1 Å². The molecule has 1 atom stereocenters. The summed E-state index contributed by atoms with van der Waals surface area (Å²) in [5, 5.41) is 14.9. The maximum Gasteiger partial charge on any atom is 0.294 e. The van der Waals surface area contributed by atoms with Crippen LogP contribution in [0.25, 0.3) is 0 Å². The first-order valence-electron chi connectivity index (χ1n) is 8.89.